The number of benzene rings is 1. The Hall–Kier alpha value is -2.28. The van der Waals surface area contributed by atoms with Crippen molar-refractivity contribution in [2.24, 2.45) is 5.92 Å². The smallest absolute Gasteiger partial charge is 0.410 e. The largest absolute Gasteiger partial charge is 0.492 e. The van der Waals surface area contributed by atoms with Crippen molar-refractivity contribution in [2.75, 3.05) is 26.3 Å². The quantitative estimate of drug-likeness (QED) is 0.286. The van der Waals surface area contributed by atoms with Gasteiger partial charge >= 0.3 is 12.1 Å². The van der Waals surface area contributed by atoms with E-state index in [0.29, 0.717) is 38.5 Å². The maximum atomic E-state index is 12.9. The van der Waals surface area contributed by atoms with Crippen molar-refractivity contribution in [3.63, 3.8) is 0 Å². The van der Waals surface area contributed by atoms with Crippen molar-refractivity contribution in [1.29, 1.82) is 0 Å². The van der Waals surface area contributed by atoms with Gasteiger partial charge in [0, 0.05) is 19.6 Å². The molecule has 2 fully saturated rings. The van der Waals surface area contributed by atoms with Gasteiger partial charge < -0.3 is 24.2 Å². The lowest BCUT2D eigenvalue weighted by atomic mass is 9.86. The van der Waals surface area contributed by atoms with Crippen molar-refractivity contribution >= 4 is 12.1 Å². The van der Waals surface area contributed by atoms with Gasteiger partial charge in [-0.25, -0.2) is 9.59 Å². The standard InChI is InChI=1S/C29H45NO6/c1-2-34-27(28(31)32)22-24-15-17-25(18-16-24)35-21-20-30(29(33)36-26-13-6-7-14-26)19-9-8-12-23-10-4-3-5-11-23/h15-18,23,26-27H,2-14,19-22H2,1H3,(H,31,32). The van der Waals surface area contributed by atoms with E-state index in [1.807, 2.05) is 29.2 Å². The first-order valence-electron chi connectivity index (χ1n) is 14.1. The fraction of sp³-hybridized carbons (Fsp3) is 0.724. The fourth-order valence-corrected chi connectivity index (χ4v) is 5.36. The van der Waals surface area contributed by atoms with Crippen LogP contribution in [0.25, 0.3) is 0 Å². The summed E-state index contributed by atoms with van der Waals surface area (Å²) in [5.41, 5.74) is 0.878. The third kappa shape index (κ3) is 10.00. The molecule has 3 rings (SSSR count). The molecule has 0 bridgehead atoms. The molecule has 0 spiro atoms. The Morgan fingerprint density at radius 3 is 2.33 bits per heavy atom. The predicted molar refractivity (Wildman–Crippen MR) is 139 cm³/mol. The number of rotatable bonds is 15. The highest BCUT2D eigenvalue weighted by molar-refractivity contribution is 5.72. The Morgan fingerprint density at radius 1 is 0.972 bits per heavy atom. The van der Waals surface area contributed by atoms with Crippen molar-refractivity contribution in [3.05, 3.63) is 29.8 Å². The summed E-state index contributed by atoms with van der Waals surface area (Å²) in [6.45, 7) is 3.73. The predicted octanol–water partition coefficient (Wildman–Crippen LogP) is 6.23. The van der Waals surface area contributed by atoms with Gasteiger partial charge in [-0.15, -0.1) is 0 Å². The van der Waals surface area contributed by atoms with Gasteiger partial charge in [0.2, 0.25) is 0 Å². The van der Waals surface area contributed by atoms with Crippen molar-refractivity contribution < 1.29 is 28.9 Å². The highest BCUT2D eigenvalue weighted by Crippen LogP contribution is 2.28. The summed E-state index contributed by atoms with van der Waals surface area (Å²) in [5.74, 6) is 0.604. The Labute approximate surface area is 216 Å². The van der Waals surface area contributed by atoms with Crippen LogP contribution in [0.3, 0.4) is 0 Å². The zero-order chi connectivity index (χ0) is 25.6. The number of carbonyl (C=O) groups excluding carboxylic acids is 1. The molecule has 0 saturated heterocycles. The van der Waals surface area contributed by atoms with E-state index in [1.54, 1.807) is 6.92 Å². The molecular formula is C29H45NO6. The van der Waals surface area contributed by atoms with E-state index < -0.39 is 12.1 Å². The maximum absolute atomic E-state index is 12.9. The molecule has 2 saturated carbocycles. The summed E-state index contributed by atoms with van der Waals surface area (Å²) >= 11 is 0. The van der Waals surface area contributed by atoms with Gasteiger partial charge in [0.05, 0.1) is 6.54 Å². The molecule has 7 heteroatoms. The number of aliphatic carboxylic acids is 1. The van der Waals surface area contributed by atoms with Crippen LogP contribution in [0.5, 0.6) is 5.75 Å². The molecule has 0 heterocycles. The summed E-state index contributed by atoms with van der Waals surface area (Å²) in [7, 11) is 0. The SMILES string of the molecule is CCOC(Cc1ccc(OCCN(CCCCC2CCCCC2)C(=O)OC2CCCC2)cc1)C(=O)O. The lowest BCUT2D eigenvalue weighted by molar-refractivity contribution is -0.149. The van der Waals surface area contributed by atoms with Crippen molar-refractivity contribution in [1.82, 2.24) is 4.90 Å². The van der Waals surface area contributed by atoms with Crippen molar-refractivity contribution in [2.45, 2.75) is 103 Å². The number of ether oxygens (including phenoxy) is 3. The van der Waals surface area contributed by atoms with Crippen LogP contribution in [0.1, 0.15) is 89.5 Å². The minimum Gasteiger partial charge on any atom is -0.492 e. The number of carboxylic acid groups (broad SMARTS) is 1. The number of carboxylic acids is 1. The molecule has 2 aliphatic carbocycles. The molecule has 1 N–H and O–H groups in total. The van der Waals surface area contributed by atoms with Crippen LogP contribution in [0, 0.1) is 5.92 Å². The second-order valence-electron chi connectivity index (χ2n) is 10.3. The van der Waals surface area contributed by atoms with Gasteiger partial charge in [-0.3, -0.25) is 0 Å². The number of hydrogen-bond acceptors (Lipinski definition) is 5. The molecular weight excluding hydrogens is 458 g/mol. The van der Waals surface area contributed by atoms with E-state index in [0.717, 1.165) is 50.0 Å². The number of hydrogen-bond donors (Lipinski definition) is 1. The number of amides is 1. The Morgan fingerprint density at radius 2 is 1.67 bits per heavy atom. The van der Waals surface area contributed by atoms with Crippen molar-refractivity contribution in [3.8, 4) is 5.75 Å². The first kappa shape index (κ1) is 28.3. The van der Waals surface area contributed by atoms with Crippen LogP contribution in [0.2, 0.25) is 0 Å². The van der Waals surface area contributed by atoms with Crippen LogP contribution in [-0.4, -0.2) is 60.6 Å². The van der Waals surface area contributed by atoms with Gasteiger partial charge in [-0.05, 0) is 62.6 Å². The minimum absolute atomic E-state index is 0.0574. The Bertz CT molecular complexity index is 770. The van der Waals surface area contributed by atoms with E-state index in [4.69, 9.17) is 14.2 Å². The molecule has 7 nitrogen and oxygen atoms in total. The van der Waals surface area contributed by atoms with Crippen LogP contribution < -0.4 is 4.74 Å². The van der Waals surface area contributed by atoms with Gasteiger partial charge in [-0.1, -0.05) is 57.1 Å². The van der Waals surface area contributed by atoms with Gasteiger partial charge in [0.25, 0.3) is 0 Å². The van der Waals surface area contributed by atoms with Crippen LogP contribution in [0.15, 0.2) is 24.3 Å². The molecule has 0 aliphatic heterocycles. The maximum Gasteiger partial charge on any atom is 0.410 e. The van der Waals surface area contributed by atoms with Crippen LogP contribution in [-0.2, 0) is 20.7 Å². The number of carbonyl (C=O) groups is 2. The molecule has 1 unspecified atom stereocenters. The van der Waals surface area contributed by atoms with E-state index in [-0.39, 0.29) is 12.2 Å². The summed E-state index contributed by atoms with van der Waals surface area (Å²) in [6, 6.07) is 7.40. The third-order valence-corrected chi connectivity index (χ3v) is 7.46. The average Bonchev–Trinajstić information content (AvgIpc) is 3.39. The summed E-state index contributed by atoms with van der Waals surface area (Å²) < 4.78 is 17.0. The van der Waals surface area contributed by atoms with Gasteiger partial charge in [-0.2, -0.15) is 0 Å². The zero-order valence-corrected chi connectivity index (χ0v) is 22.0. The Balaban J connectivity index is 1.44. The summed E-state index contributed by atoms with van der Waals surface area (Å²) in [4.78, 5) is 26.0. The molecule has 0 radical (unpaired) electrons. The highest BCUT2D eigenvalue weighted by atomic mass is 16.6. The molecule has 1 aromatic rings. The molecule has 2 aliphatic rings. The Kier molecular flexibility index (Phi) is 12.4. The second kappa shape index (κ2) is 15.7. The average molecular weight is 504 g/mol. The molecule has 36 heavy (non-hydrogen) atoms. The monoisotopic (exact) mass is 503 g/mol. The number of unbranched alkanes of at least 4 members (excludes halogenated alkanes) is 1. The van der Waals surface area contributed by atoms with Crippen LogP contribution in [0.4, 0.5) is 4.79 Å². The van der Waals surface area contributed by atoms with Crippen LogP contribution >= 0.6 is 0 Å². The topological polar surface area (TPSA) is 85.3 Å². The van der Waals surface area contributed by atoms with E-state index in [9.17, 15) is 14.7 Å². The first-order chi connectivity index (χ1) is 17.5. The second-order valence-corrected chi connectivity index (χ2v) is 10.3. The molecule has 1 atom stereocenters. The number of nitrogens with zero attached hydrogens (tertiary/aromatic N) is 1. The van der Waals surface area contributed by atoms with E-state index in [1.165, 1.54) is 38.5 Å². The van der Waals surface area contributed by atoms with E-state index in [2.05, 4.69) is 0 Å². The van der Waals surface area contributed by atoms with Gasteiger partial charge in [0.1, 0.15) is 18.5 Å². The lowest BCUT2D eigenvalue weighted by Crippen LogP contribution is -2.37. The minimum atomic E-state index is -0.958. The summed E-state index contributed by atoms with van der Waals surface area (Å²) in [6.07, 6.45) is 13.8. The zero-order valence-electron chi connectivity index (χ0n) is 22.0. The molecule has 1 amide bonds. The normalized spacial score (nSPS) is 17.6. The fourth-order valence-electron chi connectivity index (χ4n) is 5.36. The first-order valence-corrected chi connectivity index (χ1v) is 14.1. The van der Waals surface area contributed by atoms with E-state index >= 15 is 0 Å². The third-order valence-electron chi connectivity index (χ3n) is 7.46. The molecule has 1 aromatic carbocycles. The molecule has 202 valence electrons. The lowest BCUT2D eigenvalue weighted by Gasteiger charge is -2.25. The van der Waals surface area contributed by atoms with Gasteiger partial charge in [0.15, 0.2) is 6.10 Å². The highest BCUT2D eigenvalue weighted by Gasteiger charge is 2.23. The molecule has 0 aromatic heterocycles. The summed E-state index contributed by atoms with van der Waals surface area (Å²) in [5, 5.41) is 9.27.